The summed E-state index contributed by atoms with van der Waals surface area (Å²) >= 11 is 2.18. The van der Waals surface area contributed by atoms with Gasteiger partial charge in [0.25, 0.3) is 0 Å². The minimum absolute atomic E-state index is 0.00436. The van der Waals surface area contributed by atoms with Crippen molar-refractivity contribution >= 4 is 111 Å². The lowest BCUT2D eigenvalue weighted by Crippen LogP contribution is -2.55. The zero-order valence-corrected chi connectivity index (χ0v) is 62.8. The Labute approximate surface area is 597 Å². The molecule has 7 amide bonds. The Kier molecular flexibility index (Phi) is 36.5. The molecule has 40 heteroatoms. The van der Waals surface area contributed by atoms with Crippen LogP contribution in [0.1, 0.15) is 110 Å². The highest BCUT2D eigenvalue weighted by atomic mass is 127. The van der Waals surface area contributed by atoms with E-state index in [1.165, 1.54) is 4.67 Å². The molecule has 11 atom stereocenters. The molecular weight excluding hydrogens is 1440 g/mol. The monoisotopic (exact) mass is 1550 g/mol. The van der Waals surface area contributed by atoms with Gasteiger partial charge in [0.15, 0.2) is 5.96 Å². The van der Waals surface area contributed by atoms with Crippen LogP contribution in [0, 0.1) is 0 Å². The SMILES string of the molecule is [B][C@H]1CN(I)CC(COP(=O)(N2CCNCC2)N2CC(COP(=O)(N3CCN(C(=O)CCCCCNC(N)=O)CC3)N3CC(COP(=O)(N(C)C)N4CCN(C(=O)CCNC(=O)CCCCC[C@H](C)NC(=O)C(CCCN=C(N)N)NC(=O)CCCC)CC4)O[C@@H]([B])C3)O[C@@H]([B])C2)O1. The van der Waals surface area contributed by atoms with Crippen LogP contribution < -0.4 is 43.8 Å². The summed E-state index contributed by atoms with van der Waals surface area (Å²) in [6.07, 6.45) is 6.13. The van der Waals surface area contributed by atoms with Crippen molar-refractivity contribution in [2.24, 2.45) is 22.2 Å². The third-order valence-corrected chi connectivity index (χ3v) is 26.4. The van der Waals surface area contributed by atoms with Gasteiger partial charge in [-0.05, 0) is 66.0 Å². The number of carbonyl (C=O) groups excluding carboxylic acids is 6. The first-order valence-electron chi connectivity index (χ1n) is 34.7. The molecule has 98 heavy (non-hydrogen) atoms. The number of nitrogens with two attached hydrogens (primary N) is 3. The zero-order valence-electron chi connectivity index (χ0n) is 58.0. The van der Waals surface area contributed by atoms with Gasteiger partial charge >= 0.3 is 29.0 Å². The molecule has 6 aliphatic heterocycles. The van der Waals surface area contributed by atoms with Crippen LogP contribution in [0.15, 0.2) is 4.99 Å². The van der Waals surface area contributed by atoms with E-state index in [0.29, 0.717) is 110 Å². The molecule has 6 saturated heterocycles. The van der Waals surface area contributed by atoms with Gasteiger partial charge in [-0.3, -0.25) is 42.7 Å². The molecule has 0 aliphatic carbocycles. The van der Waals surface area contributed by atoms with E-state index in [4.69, 9.17) is 68.5 Å². The van der Waals surface area contributed by atoms with Crippen LogP contribution in [0.2, 0.25) is 0 Å². The van der Waals surface area contributed by atoms with Gasteiger partial charge in [-0.15, -0.1) is 0 Å². The van der Waals surface area contributed by atoms with Crippen molar-refractivity contribution in [3.8, 4) is 0 Å². The lowest BCUT2D eigenvalue weighted by molar-refractivity contribution is -0.133. The zero-order chi connectivity index (χ0) is 71.4. The van der Waals surface area contributed by atoms with Gasteiger partial charge < -0.3 is 81.4 Å². The number of morpholine rings is 3. The molecule has 6 fully saturated rings. The van der Waals surface area contributed by atoms with Crippen molar-refractivity contribution < 1.29 is 70.2 Å². The molecular formula is C58H109B3IN18O15P3. The number of hydrogen-bond donors (Lipinski definition) is 8. The molecule has 6 aliphatic rings. The molecule has 0 aromatic heterocycles. The molecule has 0 spiro atoms. The van der Waals surface area contributed by atoms with Crippen LogP contribution in [0.25, 0.3) is 0 Å². The van der Waals surface area contributed by atoms with E-state index in [0.717, 1.165) is 25.7 Å². The summed E-state index contributed by atoms with van der Waals surface area (Å²) in [7, 11) is 11.0. The summed E-state index contributed by atoms with van der Waals surface area (Å²) in [5.41, 5.74) is 16.1. The predicted octanol–water partition coefficient (Wildman–Crippen LogP) is -0.0293. The Balaban J connectivity index is 1.01. The smallest absolute Gasteiger partial charge is 0.346 e. The summed E-state index contributed by atoms with van der Waals surface area (Å²) in [5, 5.41) is 14.6. The normalized spacial score (nSPS) is 25.4. The van der Waals surface area contributed by atoms with Crippen molar-refractivity contribution in [2.45, 2.75) is 159 Å². The third-order valence-electron chi connectivity index (χ3n) is 17.7. The molecule has 0 bridgehead atoms. The number of halogens is 1. The summed E-state index contributed by atoms with van der Waals surface area (Å²) < 4.78 is 96.5. The molecule has 6 heterocycles. The van der Waals surface area contributed by atoms with Crippen molar-refractivity contribution in [3.05, 3.63) is 0 Å². The van der Waals surface area contributed by atoms with E-state index in [1.807, 2.05) is 21.6 Å². The Bertz CT molecular complexity index is 2690. The largest absolute Gasteiger partial charge is 0.380 e. The number of piperazine rings is 3. The minimum atomic E-state index is -4.13. The molecule has 6 rings (SSSR count). The fraction of sp³-hybridized carbons (Fsp3) is 0.879. The van der Waals surface area contributed by atoms with E-state index in [-0.39, 0.29) is 159 Å². The van der Waals surface area contributed by atoms with Gasteiger partial charge in [0.1, 0.15) is 29.6 Å². The molecule has 11 N–H and O–H groups in total. The Morgan fingerprint density at radius 1 is 0.582 bits per heavy atom. The number of nitrogens with zero attached hydrogens (tertiary/aromatic N) is 10. The summed E-state index contributed by atoms with van der Waals surface area (Å²) in [5.74, 6) is -0.869. The minimum Gasteiger partial charge on any atom is -0.380 e. The van der Waals surface area contributed by atoms with Gasteiger partial charge in [-0.2, -0.15) is 0 Å². The van der Waals surface area contributed by atoms with Crippen molar-refractivity contribution in [1.29, 1.82) is 0 Å². The van der Waals surface area contributed by atoms with Gasteiger partial charge in [0.05, 0.1) is 38.1 Å². The first kappa shape index (κ1) is 83.9. The van der Waals surface area contributed by atoms with E-state index in [9.17, 15) is 33.3 Å². The third kappa shape index (κ3) is 27.5. The molecule has 552 valence electrons. The van der Waals surface area contributed by atoms with Crippen molar-refractivity contribution in [2.75, 3.05) is 171 Å². The first-order chi connectivity index (χ1) is 46.7. The molecule has 0 aromatic rings. The number of carbonyl (C=O) groups is 6. The van der Waals surface area contributed by atoms with Crippen LogP contribution in [0.3, 0.4) is 0 Å². The Morgan fingerprint density at radius 2 is 1.10 bits per heavy atom. The van der Waals surface area contributed by atoms with E-state index in [1.54, 1.807) is 42.6 Å². The number of hydrogen-bond acceptors (Lipinski definition) is 18. The standard InChI is InChI=1S/C58H109B3IN18O15P3/c1-5-6-16-53(82)71-48(15-13-21-68-57(63)64)56(85)70-44(2)14-9-7-10-17-52(81)67-22-19-55(84)74-27-31-77(32-28-74)96(87,72(3)4)90-42-46-36-80(40-51(61)94-46)98(89,78-33-29-73(30-34-78)54(83)18-11-8-12-20-69-58(65)86)92-43-47-37-79(39-50(60)95-47)97(88,76-25-23-66-24-26-76)91-41-45-35-75(62)38-49(59)93-45/h44-51,66H,5-43H2,1-4H3,(H,67,81)(H,70,85)(H,71,82)(H4,63,64,68)(H3,65,69,86)/t44-,45?,46?,47?,48?,49+,50+,51+,96?,97?,98?/m0/s1. The maximum absolute atomic E-state index is 16.1. The fourth-order valence-electron chi connectivity index (χ4n) is 12.4. The Hall–Kier alpha value is -3.06. The highest BCUT2D eigenvalue weighted by Gasteiger charge is 2.49. The molecule has 0 saturated carbocycles. The summed E-state index contributed by atoms with van der Waals surface area (Å²) in [4.78, 5) is 83.9. The number of unbranched alkanes of at least 4 members (excludes halogenated alkanes) is 5. The quantitative estimate of drug-likeness (QED) is 0.00759. The van der Waals surface area contributed by atoms with Crippen LogP contribution in [0.5, 0.6) is 0 Å². The van der Waals surface area contributed by atoms with E-state index >= 15 is 9.13 Å². The summed E-state index contributed by atoms with van der Waals surface area (Å²) in [6, 6.07) is -3.93. The van der Waals surface area contributed by atoms with Crippen molar-refractivity contribution in [1.82, 2.24) is 67.5 Å². The second-order valence-electron chi connectivity index (χ2n) is 25.9. The van der Waals surface area contributed by atoms with Crippen LogP contribution >= 0.6 is 45.9 Å². The maximum atomic E-state index is 16.1. The van der Waals surface area contributed by atoms with Crippen molar-refractivity contribution in [3.63, 3.8) is 0 Å². The number of primary amides is 1. The first-order valence-corrected chi connectivity index (χ1v) is 40.3. The van der Waals surface area contributed by atoms with Gasteiger partial charge in [-0.25, -0.2) is 35.9 Å². The number of rotatable bonds is 40. The molecule has 33 nitrogen and oxygen atoms in total. The molecule has 6 radical (unpaired) electrons. The number of ether oxygens (including phenoxy) is 3. The number of aliphatic imine (C=N–C) groups is 1. The molecule has 0 aromatic carbocycles. The fourth-order valence-corrected chi connectivity index (χ4v) is 20.2. The number of guanidine groups is 1. The highest BCUT2D eigenvalue weighted by molar-refractivity contribution is 14.1. The number of urea groups is 1. The average molecular weight is 1550 g/mol. The van der Waals surface area contributed by atoms with Gasteiger partial charge in [0, 0.05) is 210 Å². The van der Waals surface area contributed by atoms with Crippen LogP contribution in [-0.4, -0.2) is 326 Å². The van der Waals surface area contributed by atoms with Crippen LogP contribution in [-0.2, 0) is 65.4 Å². The highest BCUT2D eigenvalue weighted by Crippen LogP contribution is 2.59. The second-order valence-corrected chi connectivity index (χ2v) is 34.6. The summed E-state index contributed by atoms with van der Waals surface area (Å²) in [6.45, 7) is 9.28. The van der Waals surface area contributed by atoms with E-state index in [2.05, 4.69) is 54.4 Å². The van der Waals surface area contributed by atoms with Gasteiger partial charge in [0.2, 0.25) is 29.5 Å². The second kappa shape index (κ2) is 42.6. The van der Waals surface area contributed by atoms with Crippen LogP contribution in [0.4, 0.5) is 4.79 Å². The predicted molar refractivity (Wildman–Crippen MR) is 383 cm³/mol. The topological polar surface area (TPSA) is 389 Å². The van der Waals surface area contributed by atoms with E-state index < -0.39 is 71.4 Å². The van der Waals surface area contributed by atoms with Gasteiger partial charge in [-0.1, -0.05) is 32.6 Å². The lowest BCUT2D eigenvalue weighted by Gasteiger charge is -2.48. The average Bonchev–Trinajstić information content (AvgIpc) is 0.781. The number of amides is 7. The lowest BCUT2D eigenvalue weighted by atomic mass is 9.98. The maximum Gasteiger partial charge on any atom is 0.346 e. The number of nitrogens with one attached hydrogen (secondary N) is 5. The Morgan fingerprint density at radius 3 is 1.66 bits per heavy atom. The molecule has 7 unspecified atom stereocenters.